The van der Waals surface area contributed by atoms with E-state index in [0.717, 1.165) is 44.1 Å². The van der Waals surface area contributed by atoms with Crippen molar-refractivity contribution in [1.29, 1.82) is 0 Å². The standard InChI is InChI=1S/C15H21FN4O/c16-13-10-12(11-19-15-17-4-1-5-18-15)2-3-14(13)20-6-8-21-9-7-20/h2-3,10H,1,4-9,11H2,(H2,17,18,19). The molecular weight excluding hydrogens is 271 g/mol. The van der Waals surface area contributed by atoms with Gasteiger partial charge in [0.15, 0.2) is 5.96 Å². The second-order valence-corrected chi connectivity index (χ2v) is 5.25. The molecule has 1 fully saturated rings. The summed E-state index contributed by atoms with van der Waals surface area (Å²) in [5, 5.41) is 6.39. The number of anilines is 1. The molecule has 0 radical (unpaired) electrons. The number of aliphatic imine (C=N–C) groups is 1. The SMILES string of the molecule is Fc1cc(CNC2=NCCCN2)ccc1N1CCOCC1. The van der Waals surface area contributed by atoms with Crippen molar-refractivity contribution < 1.29 is 9.13 Å². The number of hydrogen-bond donors (Lipinski definition) is 2. The van der Waals surface area contributed by atoms with Crippen LogP contribution in [0.4, 0.5) is 10.1 Å². The number of guanidine groups is 1. The molecule has 1 saturated heterocycles. The molecule has 6 heteroatoms. The summed E-state index contributed by atoms with van der Waals surface area (Å²) in [6, 6.07) is 5.42. The van der Waals surface area contributed by atoms with Crippen molar-refractivity contribution >= 4 is 11.6 Å². The van der Waals surface area contributed by atoms with Crippen molar-refractivity contribution in [1.82, 2.24) is 10.6 Å². The van der Waals surface area contributed by atoms with Crippen molar-refractivity contribution in [3.8, 4) is 0 Å². The summed E-state index contributed by atoms with van der Waals surface area (Å²) in [7, 11) is 0. The normalized spacial score (nSPS) is 18.9. The van der Waals surface area contributed by atoms with Crippen molar-refractivity contribution in [3.63, 3.8) is 0 Å². The van der Waals surface area contributed by atoms with Gasteiger partial charge in [0.2, 0.25) is 0 Å². The largest absolute Gasteiger partial charge is 0.378 e. The van der Waals surface area contributed by atoms with E-state index in [9.17, 15) is 4.39 Å². The average molecular weight is 292 g/mol. The van der Waals surface area contributed by atoms with E-state index >= 15 is 0 Å². The zero-order valence-electron chi connectivity index (χ0n) is 12.1. The van der Waals surface area contributed by atoms with Crippen LogP contribution < -0.4 is 15.5 Å². The number of nitrogens with one attached hydrogen (secondary N) is 2. The van der Waals surface area contributed by atoms with Gasteiger partial charge in [-0.25, -0.2) is 4.39 Å². The Hall–Kier alpha value is -1.82. The van der Waals surface area contributed by atoms with E-state index in [1.807, 2.05) is 17.0 Å². The Kier molecular flexibility index (Phi) is 4.55. The van der Waals surface area contributed by atoms with Gasteiger partial charge in [0, 0.05) is 32.7 Å². The van der Waals surface area contributed by atoms with Crippen LogP contribution in [0, 0.1) is 5.82 Å². The maximum atomic E-state index is 14.2. The van der Waals surface area contributed by atoms with Gasteiger partial charge in [0.25, 0.3) is 0 Å². The minimum Gasteiger partial charge on any atom is -0.378 e. The Labute approximate surface area is 124 Å². The van der Waals surface area contributed by atoms with Gasteiger partial charge < -0.3 is 20.3 Å². The fourth-order valence-electron chi connectivity index (χ4n) is 2.56. The second kappa shape index (κ2) is 6.76. The van der Waals surface area contributed by atoms with Gasteiger partial charge in [-0.1, -0.05) is 6.07 Å². The Balaban J connectivity index is 1.62. The van der Waals surface area contributed by atoms with E-state index in [-0.39, 0.29) is 5.82 Å². The third-order valence-electron chi connectivity index (χ3n) is 3.72. The lowest BCUT2D eigenvalue weighted by Gasteiger charge is -2.29. The van der Waals surface area contributed by atoms with E-state index in [0.29, 0.717) is 25.4 Å². The summed E-state index contributed by atoms with van der Waals surface area (Å²) >= 11 is 0. The maximum Gasteiger partial charge on any atom is 0.191 e. The Morgan fingerprint density at radius 1 is 1.33 bits per heavy atom. The Morgan fingerprint density at radius 2 is 2.19 bits per heavy atom. The molecule has 2 aliphatic heterocycles. The number of benzene rings is 1. The summed E-state index contributed by atoms with van der Waals surface area (Å²) in [4.78, 5) is 6.37. The van der Waals surface area contributed by atoms with Crippen molar-refractivity contribution in [2.45, 2.75) is 13.0 Å². The van der Waals surface area contributed by atoms with E-state index in [1.54, 1.807) is 6.07 Å². The highest BCUT2D eigenvalue weighted by atomic mass is 19.1. The van der Waals surface area contributed by atoms with Gasteiger partial charge >= 0.3 is 0 Å². The van der Waals surface area contributed by atoms with Gasteiger partial charge in [-0.05, 0) is 24.1 Å². The quantitative estimate of drug-likeness (QED) is 0.876. The molecular formula is C15H21FN4O. The van der Waals surface area contributed by atoms with Crippen LogP contribution in [0.2, 0.25) is 0 Å². The van der Waals surface area contributed by atoms with E-state index in [1.165, 1.54) is 0 Å². The molecule has 0 amide bonds. The molecule has 2 heterocycles. The molecule has 0 saturated carbocycles. The fourth-order valence-corrected chi connectivity index (χ4v) is 2.56. The molecule has 0 spiro atoms. The highest BCUT2D eigenvalue weighted by Gasteiger charge is 2.15. The van der Waals surface area contributed by atoms with E-state index in [2.05, 4.69) is 15.6 Å². The van der Waals surface area contributed by atoms with Crippen LogP contribution in [-0.4, -0.2) is 45.4 Å². The smallest absolute Gasteiger partial charge is 0.191 e. The number of rotatable bonds is 3. The van der Waals surface area contributed by atoms with Crippen molar-refractivity contribution in [3.05, 3.63) is 29.6 Å². The minimum absolute atomic E-state index is 0.172. The van der Waals surface area contributed by atoms with Crippen LogP contribution in [0.25, 0.3) is 0 Å². The summed E-state index contributed by atoms with van der Waals surface area (Å²) in [5.41, 5.74) is 1.58. The van der Waals surface area contributed by atoms with E-state index in [4.69, 9.17) is 4.74 Å². The lowest BCUT2D eigenvalue weighted by atomic mass is 10.1. The molecule has 21 heavy (non-hydrogen) atoms. The molecule has 0 aromatic heterocycles. The number of hydrogen-bond acceptors (Lipinski definition) is 5. The molecule has 3 rings (SSSR count). The molecule has 5 nitrogen and oxygen atoms in total. The number of nitrogens with zero attached hydrogens (tertiary/aromatic N) is 2. The zero-order chi connectivity index (χ0) is 14.5. The molecule has 1 aromatic carbocycles. The van der Waals surface area contributed by atoms with Gasteiger partial charge in [0.1, 0.15) is 5.82 Å². The molecule has 0 atom stereocenters. The number of ether oxygens (including phenoxy) is 1. The molecule has 114 valence electrons. The predicted molar refractivity (Wildman–Crippen MR) is 81.2 cm³/mol. The fraction of sp³-hybridized carbons (Fsp3) is 0.533. The van der Waals surface area contributed by atoms with Gasteiger partial charge in [-0.3, -0.25) is 4.99 Å². The number of halogens is 1. The predicted octanol–water partition coefficient (Wildman–Crippen LogP) is 1.10. The van der Waals surface area contributed by atoms with Gasteiger partial charge in [0.05, 0.1) is 18.9 Å². The Morgan fingerprint density at radius 3 is 2.90 bits per heavy atom. The Bertz CT molecular complexity index is 514. The van der Waals surface area contributed by atoms with E-state index < -0.39 is 0 Å². The summed E-state index contributed by atoms with van der Waals surface area (Å²) in [6.45, 7) is 5.18. The van der Waals surface area contributed by atoms with Crippen LogP contribution >= 0.6 is 0 Å². The first-order chi connectivity index (χ1) is 10.3. The highest BCUT2D eigenvalue weighted by Crippen LogP contribution is 2.21. The van der Waals surface area contributed by atoms with Crippen LogP contribution in [0.3, 0.4) is 0 Å². The van der Waals surface area contributed by atoms with Crippen LogP contribution in [-0.2, 0) is 11.3 Å². The average Bonchev–Trinajstić information content (AvgIpc) is 2.55. The molecule has 1 aromatic rings. The lowest BCUT2D eigenvalue weighted by Crippen LogP contribution is -2.40. The second-order valence-electron chi connectivity index (χ2n) is 5.25. The highest BCUT2D eigenvalue weighted by molar-refractivity contribution is 5.80. The maximum absolute atomic E-state index is 14.2. The first kappa shape index (κ1) is 14.1. The summed E-state index contributed by atoms with van der Waals surface area (Å²) in [6.07, 6.45) is 1.06. The first-order valence-electron chi connectivity index (χ1n) is 7.46. The van der Waals surface area contributed by atoms with Crippen molar-refractivity contribution in [2.75, 3.05) is 44.3 Å². The van der Waals surface area contributed by atoms with Crippen molar-refractivity contribution in [2.24, 2.45) is 4.99 Å². The number of morpholine rings is 1. The minimum atomic E-state index is -0.172. The molecule has 0 unspecified atom stereocenters. The third-order valence-corrected chi connectivity index (χ3v) is 3.72. The topological polar surface area (TPSA) is 48.9 Å². The molecule has 2 aliphatic rings. The molecule has 0 bridgehead atoms. The lowest BCUT2D eigenvalue weighted by molar-refractivity contribution is 0.122. The monoisotopic (exact) mass is 292 g/mol. The summed E-state index contributed by atoms with van der Waals surface area (Å²) < 4.78 is 19.5. The van der Waals surface area contributed by atoms with Gasteiger partial charge in [-0.15, -0.1) is 0 Å². The molecule has 0 aliphatic carbocycles. The summed E-state index contributed by atoms with van der Waals surface area (Å²) in [5.74, 6) is 0.633. The van der Waals surface area contributed by atoms with Crippen LogP contribution in [0.1, 0.15) is 12.0 Å². The molecule has 2 N–H and O–H groups in total. The van der Waals surface area contributed by atoms with Gasteiger partial charge in [-0.2, -0.15) is 0 Å². The van der Waals surface area contributed by atoms with Crippen LogP contribution in [0.15, 0.2) is 23.2 Å². The third kappa shape index (κ3) is 3.64. The van der Waals surface area contributed by atoms with Crippen LogP contribution in [0.5, 0.6) is 0 Å². The zero-order valence-corrected chi connectivity index (χ0v) is 12.1. The first-order valence-corrected chi connectivity index (χ1v) is 7.46.